The Hall–Kier alpha value is -2.94. The lowest BCUT2D eigenvalue weighted by Crippen LogP contribution is -1.83. The Bertz CT molecular complexity index is 880. The summed E-state index contributed by atoms with van der Waals surface area (Å²) >= 11 is 0. The van der Waals surface area contributed by atoms with E-state index < -0.39 is 0 Å². The molecule has 0 aliphatic rings. The molecule has 3 nitrogen and oxygen atoms in total. The first-order valence-electron chi connectivity index (χ1n) is 6.85. The molecule has 0 fully saturated rings. The van der Waals surface area contributed by atoms with Crippen LogP contribution in [0, 0.1) is 0 Å². The zero-order chi connectivity index (χ0) is 14.1. The lowest BCUT2D eigenvalue weighted by Gasteiger charge is -2.05. The smallest absolute Gasteiger partial charge is 0.0545 e. The Morgan fingerprint density at radius 1 is 0.667 bits per heavy atom. The van der Waals surface area contributed by atoms with E-state index in [9.17, 15) is 0 Å². The van der Waals surface area contributed by atoms with Gasteiger partial charge in [-0.1, -0.05) is 18.2 Å². The van der Waals surface area contributed by atoms with Crippen molar-refractivity contribution in [2.45, 2.75) is 0 Å². The average molecular weight is 271 g/mol. The number of nitrogens with zero attached hydrogens (tertiary/aromatic N) is 2. The molecule has 0 amide bonds. The number of nitrogens with one attached hydrogen (secondary N) is 1. The molecule has 0 spiro atoms. The van der Waals surface area contributed by atoms with Gasteiger partial charge in [-0.05, 0) is 35.9 Å². The standard InChI is InChI=1S/C18H13N3/c1-2-4-16-15(3-1)17(13-5-9-19-10-6-13)18(21-16)14-7-11-20-12-8-14/h1-12,21H. The van der Waals surface area contributed by atoms with E-state index in [0.29, 0.717) is 0 Å². The van der Waals surface area contributed by atoms with Crippen LogP contribution in [0.5, 0.6) is 0 Å². The van der Waals surface area contributed by atoms with Crippen molar-refractivity contribution in [1.82, 2.24) is 15.0 Å². The number of aromatic amines is 1. The molecule has 1 aromatic carbocycles. The van der Waals surface area contributed by atoms with Gasteiger partial charge in [0.2, 0.25) is 0 Å². The van der Waals surface area contributed by atoms with Gasteiger partial charge in [0.1, 0.15) is 0 Å². The van der Waals surface area contributed by atoms with Gasteiger partial charge in [0, 0.05) is 46.8 Å². The molecule has 0 saturated carbocycles. The molecular formula is C18H13N3. The van der Waals surface area contributed by atoms with Gasteiger partial charge in [-0.25, -0.2) is 0 Å². The predicted molar refractivity (Wildman–Crippen MR) is 84.8 cm³/mol. The topological polar surface area (TPSA) is 41.6 Å². The number of hydrogen-bond acceptors (Lipinski definition) is 2. The average Bonchev–Trinajstić information content (AvgIpc) is 2.96. The van der Waals surface area contributed by atoms with E-state index >= 15 is 0 Å². The maximum absolute atomic E-state index is 4.12. The molecule has 0 aliphatic heterocycles. The zero-order valence-corrected chi connectivity index (χ0v) is 11.3. The summed E-state index contributed by atoms with van der Waals surface area (Å²) in [6.07, 6.45) is 7.29. The number of benzene rings is 1. The SMILES string of the molecule is c1ccc2c(-c3ccncc3)c(-c3ccncc3)[nH]c2c1. The van der Waals surface area contributed by atoms with Gasteiger partial charge in [0.05, 0.1) is 5.69 Å². The van der Waals surface area contributed by atoms with Gasteiger partial charge in [0.25, 0.3) is 0 Å². The molecule has 0 bridgehead atoms. The number of hydrogen-bond donors (Lipinski definition) is 1. The summed E-state index contributed by atoms with van der Waals surface area (Å²) in [6.45, 7) is 0. The maximum Gasteiger partial charge on any atom is 0.0545 e. The molecule has 100 valence electrons. The van der Waals surface area contributed by atoms with Gasteiger partial charge in [0.15, 0.2) is 0 Å². The van der Waals surface area contributed by atoms with Crippen LogP contribution >= 0.6 is 0 Å². The highest BCUT2D eigenvalue weighted by atomic mass is 14.7. The quantitative estimate of drug-likeness (QED) is 0.591. The fourth-order valence-electron chi connectivity index (χ4n) is 2.70. The molecule has 21 heavy (non-hydrogen) atoms. The molecule has 3 heteroatoms. The van der Waals surface area contributed by atoms with Crippen LogP contribution in [0.2, 0.25) is 0 Å². The van der Waals surface area contributed by atoms with Crippen LogP contribution in [0.1, 0.15) is 0 Å². The van der Waals surface area contributed by atoms with Crippen LogP contribution in [0.3, 0.4) is 0 Å². The Morgan fingerprint density at radius 2 is 1.29 bits per heavy atom. The van der Waals surface area contributed by atoms with Crippen molar-refractivity contribution < 1.29 is 0 Å². The molecule has 0 atom stereocenters. The number of pyridine rings is 2. The minimum atomic E-state index is 1.12. The summed E-state index contributed by atoms with van der Waals surface area (Å²) < 4.78 is 0. The fourth-order valence-corrected chi connectivity index (χ4v) is 2.70. The first-order chi connectivity index (χ1) is 10.4. The summed E-state index contributed by atoms with van der Waals surface area (Å²) in [5.41, 5.74) is 5.75. The van der Waals surface area contributed by atoms with Crippen molar-refractivity contribution in [2.75, 3.05) is 0 Å². The van der Waals surface area contributed by atoms with Gasteiger partial charge in [-0.15, -0.1) is 0 Å². The summed E-state index contributed by atoms with van der Waals surface area (Å²) in [7, 11) is 0. The number of para-hydroxylation sites is 1. The number of rotatable bonds is 2. The zero-order valence-electron chi connectivity index (χ0n) is 11.3. The van der Waals surface area contributed by atoms with Crippen molar-refractivity contribution in [1.29, 1.82) is 0 Å². The highest BCUT2D eigenvalue weighted by Gasteiger charge is 2.14. The maximum atomic E-state index is 4.12. The Balaban J connectivity index is 2.07. The summed E-state index contributed by atoms with van der Waals surface area (Å²) in [6, 6.07) is 16.5. The van der Waals surface area contributed by atoms with Crippen molar-refractivity contribution in [3.8, 4) is 22.4 Å². The predicted octanol–water partition coefficient (Wildman–Crippen LogP) is 4.29. The molecule has 3 aromatic heterocycles. The van der Waals surface area contributed by atoms with Gasteiger partial charge < -0.3 is 4.98 Å². The van der Waals surface area contributed by atoms with E-state index in [1.54, 1.807) is 0 Å². The lowest BCUT2D eigenvalue weighted by molar-refractivity contribution is 1.31. The van der Waals surface area contributed by atoms with Gasteiger partial charge >= 0.3 is 0 Å². The molecule has 4 aromatic rings. The Labute approximate surface area is 122 Å². The summed E-state index contributed by atoms with van der Waals surface area (Å²) in [5.74, 6) is 0. The van der Waals surface area contributed by atoms with E-state index in [4.69, 9.17) is 0 Å². The Morgan fingerprint density at radius 3 is 2.00 bits per heavy atom. The summed E-state index contributed by atoms with van der Waals surface area (Å²) in [5, 5.41) is 1.22. The second kappa shape index (κ2) is 4.87. The minimum absolute atomic E-state index is 1.12. The molecular weight excluding hydrogens is 258 g/mol. The number of H-pyrrole nitrogens is 1. The van der Waals surface area contributed by atoms with E-state index in [1.165, 1.54) is 10.9 Å². The third-order valence-electron chi connectivity index (χ3n) is 3.64. The monoisotopic (exact) mass is 271 g/mol. The molecule has 4 rings (SSSR count). The summed E-state index contributed by atoms with van der Waals surface area (Å²) in [4.78, 5) is 11.8. The number of fused-ring (bicyclic) bond motifs is 1. The lowest BCUT2D eigenvalue weighted by atomic mass is 10.00. The van der Waals surface area contributed by atoms with Gasteiger partial charge in [-0.3, -0.25) is 9.97 Å². The van der Waals surface area contributed by atoms with E-state index in [-0.39, 0.29) is 0 Å². The van der Waals surface area contributed by atoms with Crippen LogP contribution in [-0.2, 0) is 0 Å². The molecule has 0 saturated heterocycles. The molecule has 1 N–H and O–H groups in total. The van der Waals surface area contributed by atoms with Crippen LogP contribution in [-0.4, -0.2) is 15.0 Å². The van der Waals surface area contributed by atoms with Crippen LogP contribution in [0.25, 0.3) is 33.3 Å². The molecule has 0 unspecified atom stereocenters. The van der Waals surface area contributed by atoms with Crippen molar-refractivity contribution in [3.05, 3.63) is 73.3 Å². The fraction of sp³-hybridized carbons (Fsp3) is 0. The normalized spacial score (nSPS) is 10.9. The molecule has 0 aliphatic carbocycles. The largest absolute Gasteiger partial charge is 0.354 e. The van der Waals surface area contributed by atoms with Crippen molar-refractivity contribution in [2.24, 2.45) is 0 Å². The Kier molecular flexibility index (Phi) is 2.75. The highest BCUT2D eigenvalue weighted by molar-refractivity contribution is 6.03. The second-order valence-electron chi connectivity index (χ2n) is 4.89. The minimum Gasteiger partial charge on any atom is -0.354 e. The molecule has 3 heterocycles. The van der Waals surface area contributed by atoms with E-state index in [2.05, 4.69) is 33.2 Å². The van der Waals surface area contributed by atoms with Crippen molar-refractivity contribution >= 4 is 10.9 Å². The van der Waals surface area contributed by atoms with Crippen LogP contribution in [0.4, 0.5) is 0 Å². The highest BCUT2D eigenvalue weighted by Crippen LogP contribution is 2.37. The first-order valence-corrected chi connectivity index (χ1v) is 6.85. The van der Waals surface area contributed by atoms with Crippen molar-refractivity contribution in [3.63, 3.8) is 0 Å². The third-order valence-corrected chi connectivity index (χ3v) is 3.64. The van der Waals surface area contributed by atoms with E-state index in [0.717, 1.165) is 22.3 Å². The third kappa shape index (κ3) is 1.99. The van der Waals surface area contributed by atoms with Crippen LogP contribution < -0.4 is 0 Å². The van der Waals surface area contributed by atoms with Gasteiger partial charge in [-0.2, -0.15) is 0 Å². The van der Waals surface area contributed by atoms with Crippen LogP contribution in [0.15, 0.2) is 73.3 Å². The number of aromatic nitrogens is 3. The second-order valence-corrected chi connectivity index (χ2v) is 4.89. The molecule has 0 radical (unpaired) electrons. The first kappa shape index (κ1) is 11.9. The van der Waals surface area contributed by atoms with E-state index in [1.807, 2.05) is 55.1 Å².